The van der Waals surface area contributed by atoms with E-state index >= 15 is 0 Å². The first-order valence-corrected chi connectivity index (χ1v) is 5.39. The summed E-state index contributed by atoms with van der Waals surface area (Å²) in [4.78, 5) is 0. The molecule has 0 saturated carbocycles. The summed E-state index contributed by atoms with van der Waals surface area (Å²) in [6, 6.07) is 7.55. The number of hydrogen-bond acceptors (Lipinski definition) is 3. The topological polar surface area (TPSA) is 38.7 Å². The van der Waals surface area contributed by atoms with E-state index in [0.717, 1.165) is 11.3 Å². The van der Waals surface area contributed by atoms with E-state index in [-0.39, 0.29) is 6.61 Å². The van der Waals surface area contributed by atoms with Crippen LogP contribution < -0.4 is 4.74 Å². The van der Waals surface area contributed by atoms with Gasteiger partial charge in [0.05, 0.1) is 33.3 Å². The van der Waals surface area contributed by atoms with Gasteiger partial charge in [-0.25, -0.2) is 4.39 Å². The molecule has 3 nitrogen and oxygen atoms in total. The molecular formula is C13H17FO3. The summed E-state index contributed by atoms with van der Waals surface area (Å²) in [6.07, 6.45) is 0.833. The molecule has 0 spiro atoms. The van der Waals surface area contributed by atoms with Crippen molar-refractivity contribution in [3.63, 3.8) is 0 Å². The van der Waals surface area contributed by atoms with E-state index in [4.69, 9.17) is 14.6 Å². The van der Waals surface area contributed by atoms with E-state index in [0.29, 0.717) is 31.5 Å². The average Bonchev–Trinajstić information content (AvgIpc) is 2.40. The predicted octanol–water partition coefficient (Wildman–Crippen LogP) is 2.45. The van der Waals surface area contributed by atoms with Crippen LogP contribution in [0.1, 0.15) is 12.0 Å². The molecule has 0 amide bonds. The Morgan fingerprint density at radius 3 is 2.59 bits per heavy atom. The lowest BCUT2D eigenvalue weighted by Crippen LogP contribution is -1.99. The summed E-state index contributed by atoms with van der Waals surface area (Å²) in [5.41, 5.74) is 1.38. The van der Waals surface area contributed by atoms with Gasteiger partial charge in [0.15, 0.2) is 0 Å². The molecule has 0 unspecified atom stereocenters. The maximum atomic E-state index is 12.1. The molecular weight excluding hydrogens is 223 g/mol. The van der Waals surface area contributed by atoms with Gasteiger partial charge in [0, 0.05) is 0 Å². The Bertz CT molecular complexity index is 346. The van der Waals surface area contributed by atoms with Crippen molar-refractivity contribution < 1.29 is 19.0 Å². The van der Waals surface area contributed by atoms with Crippen LogP contribution in [0, 0.1) is 0 Å². The van der Waals surface area contributed by atoms with Gasteiger partial charge in [0.1, 0.15) is 5.75 Å². The van der Waals surface area contributed by atoms with Gasteiger partial charge in [-0.05, 0) is 29.7 Å². The fraction of sp³-hybridized carbons (Fsp3) is 0.385. The summed E-state index contributed by atoms with van der Waals surface area (Å²) in [5.74, 6) is 0.802. The normalized spacial score (nSPS) is 11.6. The highest BCUT2D eigenvalue weighted by molar-refractivity contribution is 5.26. The Labute approximate surface area is 100 Å². The van der Waals surface area contributed by atoms with Crippen LogP contribution in [0.25, 0.3) is 0 Å². The number of methoxy groups -OCH3 is 1. The van der Waals surface area contributed by atoms with Crippen molar-refractivity contribution in [2.75, 3.05) is 20.3 Å². The second-order valence-corrected chi connectivity index (χ2v) is 3.58. The first kappa shape index (κ1) is 13.7. The zero-order valence-electron chi connectivity index (χ0n) is 9.86. The second kappa shape index (κ2) is 7.81. The molecule has 1 aromatic rings. The number of halogens is 1. The van der Waals surface area contributed by atoms with Crippen LogP contribution in [0.3, 0.4) is 0 Å². The molecule has 0 atom stereocenters. The van der Waals surface area contributed by atoms with Gasteiger partial charge in [0.25, 0.3) is 0 Å². The lowest BCUT2D eigenvalue weighted by Gasteiger charge is -2.06. The lowest BCUT2D eigenvalue weighted by atomic mass is 10.2. The van der Waals surface area contributed by atoms with Gasteiger partial charge in [-0.2, -0.15) is 0 Å². The SMILES string of the molecule is COc1ccc(COCC/C(=C\F)CO)cc1. The summed E-state index contributed by atoms with van der Waals surface area (Å²) < 4.78 is 22.5. The highest BCUT2D eigenvalue weighted by atomic mass is 19.1. The van der Waals surface area contributed by atoms with E-state index in [2.05, 4.69) is 0 Å². The molecule has 0 aliphatic heterocycles. The number of benzene rings is 1. The molecule has 0 aliphatic carbocycles. The van der Waals surface area contributed by atoms with Gasteiger partial charge in [0.2, 0.25) is 0 Å². The first-order valence-electron chi connectivity index (χ1n) is 5.39. The Balaban J connectivity index is 2.26. The molecule has 0 fully saturated rings. The molecule has 0 aliphatic rings. The monoisotopic (exact) mass is 240 g/mol. The van der Waals surface area contributed by atoms with Gasteiger partial charge in [-0.1, -0.05) is 12.1 Å². The third-order valence-corrected chi connectivity index (χ3v) is 2.35. The third kappa shape index (κ3) is 4.97. The average molecular weight is 240 g/mol. The Morgan fingerprint density at radius 2 is 2.06 bits per heavy atom. The Hall–Kier alpha value is -1.39. The maximum absolute atomic E-state index is 12.1. The lowest BCUT2D eigenvalue weighted by molar-refractivity contribution is 0.121. The van der Waals surface area contributed by atoms with E-state index in [1.165, 1.54) is 0 Å². The van der Waals surface area contributed by atoms with Crippen LogP contribution in [0.15, 0.2) is 36.2 Å². The Morgan fingerprint density at radius 1 is 1.35 bits per heavy atom. The van der Waals surface area contributed by atoms with Crippen LogP contribution >= 0.6 is 0 Å². The molecule has 0 saturated heterocycles. The number of rotatable bonds is 7. The van der Waals surface area contributed by atoms with Crippen molar-refractivity contribution >= 4 is 0 Å². The molecule has 0 heterocycles. The van der Waals surface area contributed by atoms with Gasteiger partial charge < -0.3 is 14.6 Å². The van der Waals surface area contributed by atoms with Crippen molar-refractivity contribution in [3.8, 4) is 5.75 Å². The van der Waals surface area contributed by atoms with Gasteiger partial charge in [-0.15, -0.1) is 0 Å². The van der Waals surface area contributed by atoms with Crippen LogP contribution in [0.2, 0.25) is 0 Å². The van der Waals surface area contributed by atoms with E-state index < -0.39 is 0 Å². The quantitative estimate of drug-likeness (QED) is 0.744. The molecule has 0 aromatic heterocycles. The van der Waals surface area contributed by atoms with Gasteiger partial charge >= 0.3 is 0 Å². The minimum atomic E-state index is -0.262. The fourth-order valence-corrected chi connectivity index (χ4v) is 1.28. The highest BCUT2D eigenvalue weighted by Gasteiger charge is 1.98. The van der Waals surface area contributed by atoms with Crippen molar-refractivity contribution in [2.45, 2.75) is 13.0 Å². The first-order chi connectivity index (χ1) is 8.30. The van der Waals surface area contributed by atoms with E-state index in [1.54, 1.807) is 7.11 Å². The summed E-state index contributed by atoms with van der Waals surface area (Å²) in [6.45, 7) is 0.597. The van der Waals surface area contributed by atoms with Crippen molar-refractivity contribution in [1.82, 2.24) is 0 Å². The van der Waals surface area contributed by atoms with Gasteiger partial charge in [-0.3, -0.25) is 0 Å². The second-order valence-electron chi connectivity index (χ2n) is 3.58. The zero-order valence-corrected chi connectivity index (χ0v) is 9.86. The molecule has 1 rings (SSSR count). The van der Waals surface area contributed by atoms with Crippen molar-refractivity contribution in [3.05, 3.63) is 41.7 Å². The minimum Gasteiger partial charge on any atom is -0.497 e. The molecule has 17 heavy (non-hydrogen) atoms. The number of hydrogen-bond donors (Lipinski definition) is 1. The maximum Gasteiger partial charge on any atom is 0.118 e. The summed E-state index contributed by atoms with van der Waals surface area (Å²) in [7, 11) is 1.62. The minimum absolute atomic E-state index is 0.262. The van der Waals surface area contributed by atoms with Crippen LogP contribution in [-0.4, -0.2) is 25.4 Å². The zero-order chi connectivity index (χ0) is 12.5. The molecule has 1 N–H and O–H groups in total. The molecule has 4 heteroatoms. The smallest absolute Gasteiger partial charge is 0.118 e. The largest absolute Gasteiger partial charge is 0.497 e. The molecule has 94 valence electrons. The van der Waals surface area contributed by atoms with Crippen molar-refractivity contribution in [1.29, 1.82) is 0 Å². The highest BCUT2D eigenvalue weighted by Crippen LogP contribution is 2.12. The molecule has 1 aromatic carbocycles. The van der Waals surface area contributed by atoms with E-state index in [9.17, 15) is 4.39 Å². The fourth-order valence-electron chi connectivity index (χ4n) is 1.28. The summed E-state index contributed by atoms with van der Waals surface area (Å²) in [5, 5.41) is 8.72. The number of aliphatic hydroxyl groups is 1. The van der Waals surface area contributed by atoms with Crippen LogP contribution in [-0.2, 0) is 11.3 Å². The number of aliphatic hydroxyl groups excluding tert-OH is 1. The molecule has 0 radical (unpaired) electrons. The van der Waals surface area contributed by atoms with Crippen LogP contribution in [0.5, 0.6) is 5.75 Å². The van der Waals surface area contributed by atoms with Crippen LogP contribution in [0.4, 0.5) is 4.39 Å². The standard InChI is InChI=1S/C13H17FO3/c1-16-13-4-2-11(3-5-13)10-17-7-6-12(8-14)9-15/h2-5,8,15H,6-7,9-10H2,1H3/b12-8+. The number of ether oxygens (including phenoxy) is 2. The summed E-state index contributed by atoms with van der Waals surface area (Å²) >= 11 is 0. The Kier molecular flexibility index (Phi) is 6.29. The predicted molar refractivity (Wildman–Crippen MR) is 63.5 cm³/mol. The third-order valence-electron chi connectivity index (χ3n) is 2.35. The van der Waals surface area contributed by atoms with E-state index in [1.807, 2.05) is 24.3 Å². The molecule has 0 bridgehead atoms. The van der Waals surface area contributed by atoms with Crippen molar-refractivity contribution in [2.24, 2.45) is 0 Å².